The van der Waals surface area contributed by atoms with Gasteiger partial charge in [0.25, 0.3) is 0 Å². The van der Waals surface area contributed by atoms with E-state index < -0.39 is 0 Å². The molecule has 0 bridgehead atoms. The predicted molar refractivity (Wildman–Crippen MR) is 115 cm³/mol. The summed E-state index contributed by atoms with van der Waals surface area (Å²) in [5.74, 6) is 0. The largest absolute Gasteiger partial charge is 0.379 e. The van der Waals surface area contributed by atoms with Gasteiger partial charge in [0.2, 0.25) is 0 Å². The third-order valence-corrected chi connectivity index (χ3v) is 4.02. The Morgan fingerprint density at radius 1 is 0.276 bits per heavy atom. The number of rotatable bonds is 26. The van der Waals surface area contributed by atoms with Crippen molar-refractivity contribution in [1.82, 2.24) is 0 Å². The minimum atomic E-state index is 0.565. The fraction of sp³-hybridized carbons (Fsp3) is 1.00. The van der Waals surface area contributed by atoms with Gasteiger partial charge in [-0.25, -0.2) is 0 Å². The molecule has 0 atom stereocenters. The molecule has 0 heterocycles. The Labute approximate surface area is 178 Å². The van der Waals surface area contributed by atoms with Crippen molar-refractivity contribution in [2.45, 2.75) is 52.4 Å². The number of ether oxygens (including phenoxy) is 7. The van der Waals surface area contributed by atoms with E-state index in [-0.39, 0.29) is 0 Å². The third kappa shape index (κ3) is 27.7. The number of hydrogen-bond donors (Lipinski definition) is 0. The van der Waals surface area contributed by atoms with Crippen LogP contribution in [0.3, 0.4) is 0 Å². The molecule has 0 aromatic rings. The van der Waals surface area contributed by atoms with Crippen molar-refractivity contribution in [3.05, 3.63) is 0 Å². The Bertz CT molecular complexity index is 254. The molecule has 0 saturated carbocycles. The van der Waals surface area contributed by atoms with Crippen LogP contribution < -0.4 is 0 Å². The fourth-order valence-electron chi connectivity index (χ4n) is 2.30. The minimum Gasteiger partial charge on any atom is -0.379 e. The summed E-state index contributed by atoms with van der Waals surface area (Å²) in [6, 6.07) is 0. The summed E-state index contributed by atoms with van der Waals surface area (Å²) in [6.07, 6.45) is 7.21. The van der Waals surface area contributed by atoms with Gasteiger partial charge in [-0.1, -0.05) is 39.5 Å². The zero-order chi connectivity index (χ0) is 21.1. The average molecular weight is 423 g/mol. The number of unbranched alkanes of at least 4 members (excludes halogenated alkanes) is 4. The minimum absolute atomic E-state index is 0.565. The Kier molecular flexibility index (Phi) is 27.5. The monoisotopic (exact) mass is 422 g/mol. The van der Waals surface area contributed by atoms with E-state index in [0.29, 0.717) is 79.3 Å². The van der Waals surface area contributed by atoms with E-state index in [0.717, 1.165) is 32.5 Å². The predicted octanol–water partition coefficient (Wildman–Crippen LogP) is 3.48. The Balaban J connectivity index is 2.97. The molecule has 29 heavy (non-hydrogen) atoms. The summed E-state index contributed by atoms with van der Waals surface area (Å²) in [5.41, 5.74) is 0. The van der Waals surface area contributed by atoms with Crippen molar-refractivity contribution in [2.75, 3.05) is 92.5 Å². The van der Waals surface area contributed by atoms with Crippen LogP contribution in [-0.4, -0.2) is 92.5 Å². The molecule has 7 heteroatoms. The maximum Gasteiger partial charge on any atom is 0.0701 e. The zero-order valence-electron chi connectivity index (χ0n) is 19.0. The van der Waals surface area contributed by atoms with Crippen LogP contribution in [0.25, 0.3) is 0 Å². The molecule has 0 aliphatic rings. The summed E-state index contributed by atoms with van der Waals surface area (Å²) in [4.78, 5) is 0. The second-order valence-corrected chi connectivity index (χ2v) is 6.70. The van der Waals surface area contributed by atoms with Gasteiger partial charge in [0.15, 0.2) is 0 Å². The molecular weight excluding hydrogens is 376 g/mol. The molecule has 0 amide bonds. The van der Waals surface area contributed by atoms with Gasteiger partial charge in [0, 0.05) is 13.2 Å². The quantitative estimate of drug-likeness (QED) is 0.198. The first-order chi connectivity index (χ1) is 14.4. The van der Waals surface area contributed by atoms with Crippen molar-refractivity contribution in [1.29, 1.82) is 0 Å². The first-order valence-electron chi connectivity index (χ1n) is 11.5. The lowest BCUT2D eigenvalue weighted by Crippen LogP contribution is -2.14. The summed E-state index contributed by atoms with van der Waals surface area (Å²) in [5, 5.41) is 0. The van der Waals surface area contributed by atoms with Gasteiger partial charge in [-0.2, -0.15) is 0 Å². The molecule has 0 fully saturated rings. The normalized spacial score (nSPS) is 11.4. The van der Waals surface area contributed by atoms with Crippen LogP contribution in [0.15, 0.2) is 0 Å². The van der Waals surface area contributed by atoms with Crippen molar-refractivity contribution in [2.24, 2.45) is 0 Å². The van der Waals surface area contributed by atoms with Crippen LogP contribution in [0.4, 0.5) is 0 Å². The molecule has 0 aromatic carbocycles. The van der Waals surface area contributed by atoms with Gasteiger partial charge >= 0.3 is 0 Å². The van der Waals surface area contributed by atoms with Crippen molar-refractivity contribution in [3.8, 4) is 0 Å². The molecule has 0 N–H and O–H groups in total. The molecule has 0 aliphatic heterocycles. The summed E-state index contributed by atoms with van der Waals surface area (Å²) in [7, 11) is 0. The second-order valence-electron chi connectivity index (χ2n) is 6.70. The Hall–Kier alpha value is -0.280. The number of hydrogen-bond acceptors (Lipinski definition) is 7. The van der Waals surface area contributed by atoms with Gasteiger partial charge in [-0.15, -0.1) is 0 Å². The van der Waals surface area contributed by atoms with E-state index in [9.17, 15) is 0 Å². The van der Waals surface area contributed by atoms with Crippen LogP contribution in [0.5, 0.6) is 0 Å². The van der Waals surface area contributed by atoms with Gasteiger partial charge in [0.1, 0.15) is 0 Å². The SMILES string of the molecule is CCCCCCOCCOCCOCCOCCOCCOCCOCCCC. The maximum atomic E-state index is 5.51. The lowest BCUT2D eigenvalue weighted by Gasteiger charge is -2.08. The standard InChI is InChI=1S/C22H46O7/c1-3-5-7-8-10-24-12-14-26-16-18-28-20-22-29-21-19-27-17-15-25-13-11-23-9-6-4-2/h3-22H2,1-2H3. The lowest BCUT2D eigenvalue weighted by molar-refractivity contribution is -0.0206. The molecule has 0 aromatic heterocycles. The van der Waals surface area contributed by atoms with Crippen molar-refractivity contribution in [3.63, 3.8) is 0 Å². The van der Waals surface area contributed by atoms with E-state index in [2.05, 4.69) is 13.8 Å². The smallest absolute Gasteiger partial charge is 0.0701 e. The molecule has 0 radical (unpaired) electrons. The maximum absolute atomic E-state index is 5.51. The van der Waals surface area contributed by atoms with Gasteiger partial charge in [-0.3, -0.25) is 0 Å². The third-order valence-electron chi connectivity index (χ3n) is 4.02. The molecule has 0 saturated heterocycles. The summed E-state index contributed by atoms with van der Waals surface area (Å²) < 4.78 is 38.1. The van der Waals surface area contributed by atoms with E-state index in [1.807, 2.05) is 0 Å². The fourth-order valence-corrected chi connectivity index (χ4v) is 2.30. The molecule has 176 valence electrons. The molecule has 0 unspecified atom stereocenters. The topological polar surface area (TPSA) is 64.6 Å². The second kappa shape index (κ2) is 27.7. The van der Waals surface area contributed by atoms with Gasteiger partial charge in [0.05, 0.1) is 79.3 Å². The highest BCUT2D eigenvalue weighted by Gasteiger charge is 1.95. The van der Waals surface area contributed by atoms with Crippen LogP contribution in [-0.2, 0) is 33.2 Å². The highest BCUT2D eigenvalue weighted by Crippen LogP contribution is 1.98. The molecule has 7 nitrogen and oxygen atoms in total. The van der Waals surface area contributed by atoms with Crippen molar-refractivity contribution >= 4 is 0 Å². The van der Waals surface area contributed by atoms with Gasteiger partial charge in [-0.05, 0) is 12.8 Å². The summed E-state index contributed by atoms with van der Waals surface area (Å²) >= 11 is 0. The molecule has 0 aliphatic carbocycles. The van der Waals surface area contributed by atoms with Crippen LogP contribution in [0, 0.1) is 0 Å². The molecule has 0 spiro atoms. The van der Waals surface area contributed by atoms with E-state index >= 15 is 0 Å². The molecular formula is C22H46O7. The van der Waals surface area contributed by atoms with Crippen molar-refractivity contribution < 1.29 is 33.2 Å². The highest BCUT2D eigenvalue weighted by atomic mass is 16.6. The first kappa shape index (κ1) is 28.7. The lowest BCUT2D eigenvalue weighted by atomic mass is 10.2. The Morgan fingerprint density at radius 3 is 0.862 bits per heavy atom. The van der Waals surface area contributed by atoms with E-state index in [1.54, 1.807) is 0 Å². The van der Waals surface area contributed by atoms with E-state index in [4.69, 9.17) is 33.2 Å². The first-order valence-corrected chi connectivity index (χ1v) is 11.5. The molecule has 0 rings (SSSR count). The summed E-state index contributed by atoms with van der Waals surface area (Å²) in [6.45, 7) is 13.2. The van der Waals surface area contributed by atoms with Crippen LogP contribution in [0.1, 0.15) is 52.4 Å². The Morgan fingerprint density at radius 2 is 0.552 bits per heavy atom. The van der Waals surface area contributed by atoms with Gasteiger partial charge < -0.3 is 33.2 Å². The van der Waals surface area contributed by atoms with E-state index in [1.165, 1.54) is 19.3 Å². The zero-order valence-corrected chi connectivity index (χ0v) is 19.0. The van der Waals surface area contributed by atoms with Crippen LogP contribution >= 0.6 is 0 Å². The average Bonchev–Trinajstić information content (AvgIpc) is 2.74. The van der Waals surface area contributed by atoms with Crippen LogP contribution in [0.2, 0.25) is 0 Å². The highest BCUT2D eigenvalue weighted by molar-refractivity contribution is 4.40.